The Bertz CT molecular complexity index is 214. The van der Waals surface area contributed by atoms with E-state index in [0.717, 1.165) is 5.92 Å². The normalized spacial score (nSPS) is 13.5. The molecular formula is C11H20N2. The predicted molar refractivity (Wildman–Crippen MR) is 55.6 cm³/mol. The van der Waals surface area contributed by atoms with Crippen molar-refractivity contribution in [2.45, 2.75) is 46.1 Å². The lowest BCUT2D eigenvalue weighted by Gasteiger charge is -2.19. The minimum atomic E-state index is 0.646. The van der Waals surface area contributed by atoms with Crippen LogP contribution in [0, 0.1) is 5.92 Å². The molecule has 1 rings (SSSR count). The van der Waals surface area contributed by atoms with Gasteiger partial charge in [-0.05, 0) is 18.8 Å². The van der Waals surface area contributed by atoms with Crippen molar-refractivity contribution in [2.24, 2.45) is 5.92 Å². The van der Waals surface area contributed by atoms with E-state index in [4.69, 9.17) is 0 Å². The van der Waals surface area contributed by atoms with Gasteiger partial charge >= 0.3 is 0 Å². The first-order chi connectivity index (χ1) is 6.24. The van der Waals surface area contributed by atoms with Gasteiger partial charge in [0.15, 0.2) is 0 Å². The Morgan fingerprint density at radius 2 is 2.15 bits per heavy atom. The first kappa shape index (κ1) is 10.3. The van der Waals surface area contributed by atoms with E-state index in [1.807, 2.05) is 12.5 Å². The summed E-state index contributed by atoms with van der Waals surface area (Å²) in [6.07, 6.45) is 9.63. The minimum Gasteiger partial charge on any atom is -0.334 e. The molecule has 0 aliphatic carbocycles. The van der Waals surface area contributed by atoms with E-state index in [9.17, 15) is 0 Å². The molecule has 0 spiro atoms. The Hall–Kier alpha value is -0.790. The monoisotopic (exact) mass is 180 g/mol. The summed E-state index contributed by atoms with van der Waals surface area (Å²) >= 11 is 0. The van der Waals surface area contributed by atoms with Crippen molar-refractivity contribution in [1.82, 2.24) is 9.55 Å². The Labute approximate surface area is 81.0 Å². The van der Waals surface area contributed by atoms with Gasteiger partial charge in [0.05, 0.1) is 6.33 Å². The summed E-state index contributed by atoms with van der Waals surface area (Å²) in [5.74, 6) is 0.763. The highest BCUT2D eigenvalue weighted by atomic mass is 15.0. The van der Waals surface area contributed by atoms with Crippen LogP contribution in [0.5, 0.6) is 0 Å². The van der Waals surface area contributed by atoms with Crippen molar-refractivity contribution in [3.8, 4) is 0 Å². The highest BCUT2D eigenvalue weighted by Gasteiger charge is 2.10. The predicted octanol–water partition coefficient (Wildman–Crippen LogP) is 3.27. The van der Waals surface area contributed by atoms with Crippen LogP contribution in [-0.4, -0.2) is 9.55 Å². The molecule has 0 saturated heterocycles. The average molecular weight is 180 g/mol. The molecule has 1 heterocycles. The summed E-state index contributed by atoms with van der Waals surface area (Å²) in [5.41, 5.74) is 0. The van der Waals surface area contributed by atoms with E-state index in [-0.39, 0.29) is 0 Å². The fraction of sp³-hybridized carbons (Fsp3) is 0.727. The highest BCUT2D eigenvalue weighted by molar-refractivity contribution is 4.80. The van der Waals surface area contributed by atoms with Gasteiger partial charge in [-0.1, -0.05) is 27.2 Å². The maximum absolute atomic E-state index is 4.10. The van der Waals surface area contributed by atoms with E-state index < -0.39 is 0 Å². The first-order valence-electron chi connectivity index (χ1n) is 5.21. The third-order valence-electron chi connectivity index (χ3n) is 2.31. The van der Waals surface area contributed by atoms with Gasteiger partial charge in [0.25, 0.3) is 0 Å². The van der Waals surface area contributed by atoms with Gasteiger partial charge in [-0.2, -0.15) is 0 Å². The number of hydrogen-bond donors (Lipinski definition) is 0. The zero-order chi connectivity index (χ0) is 9.68. The second-order valence-electron chi connectivity index (χ2n) is 4.08. The molecule has 0 fully saturated rings. The van der Waals surface area contributed by atoms with E-state index in [1.54, 1.807) is 0 Å². The Morgan fingerprint density at radius 1 is 1.38 bits per heavy atom. The molecule has 0 bridgehead atoms. The molecule has 74 valence electrons. The lowest BCUT2D eigenvalue weighted by Crippen LogP contribution is -2.09. The molecule has 1 atom stereocenters. The number of imidazole rings is 1. The van der Waals surface area contributed by atoms with Crippen molar-refractivity contribution < 1.29 is 0 Å². The lowest BCUT2D eigenvalue weighted by molar-refractivity contribution is 0.375. The molecule has 0 radical (unpaired) electrons. The number of rotatable bonds is 5. The smallest absolute Gasteiger partial charge is 0.0948 e. The van der Waals surface area contributed by atoms with E-state index in [2.05, 4.69) is 36.5 Å². The van der Waals surface area contributed by atoms with Gasteiger partial charge in [-0.25, -0.2) is 4.98 Å². The second-order valence-corrected chi connectivity index (χ2v) is 4.08. The maximum Gasteiger partial charge on any atom is 0.0948 e. The van der Waals surface area contributed by atoms with E-state index in [1.165, 1.54) is 19.3 Å². The largest absolute Gasteiger partial charge is 0.334 e. The second kappa shape index (κ2) is 5.05. The van der Waals surface area contributed by atoms with Gasteiger partial charge < -0.3 is 4.57 Å². The molecule has 0 aliphatic rings. The molecule has 0 saturated carbocycles. The summed E-state index contributed by atoms with van der Waals surface area (Å²) in [4.78, 5) is 4.10. The van der Waals surface area contributed by atoms with Crippen LogP contribution in [0.25, 0.3) is 0 Å². The fourth-order valence-electron chi connectivity index (χ4n) is 1.75. The van der Waals surface area contributed by atoms with Crippen molar-refractivity contribution in [2.75, 3.05) is 0 Å². The number of aromatic nitrogens is 2. The highest BCUT2D eigenvalue weighted by Crippen LogP contribution is 2.21. The van der Waals surface area contributed by atoms with Crippen molar-refractivity contribution in [1.29, 1.82) is 0 Å². The topological polar surface area (TPSA) is 17.8 Å². The van der Waals surface area contributed by atoms with Gasteiger partial charge in [0, 0.05) is 18.4 Å². The van der Waals surface area contributed by atoms with Gasteiger partial charge in [-0.15, -0.1) is 0 Å². The van der Waals surface area contributed by atoms with Crippen LogP contribution >= 0.6 is 0 Å². The van der Waals surface area contributed by atoms with Crippen LogP contribution in [0.15, 0.2) is 18.7 Å². The molecule has 1 aromatic rings. The van der Waals surface area contributed by atoms with Crippen molar-refractivity contribution >= 4 is 0 Å². The van der Waals surface area contributed by atoms with Crippen LogP contribution in [0.1, 0.15) is 46.1 Å². The third-order valence-corrected chi connectivity index (χ3v) is 2.31. The summed E-state index contributed by atoms with van der Waals surface area (Å²) in [6, 6.07) is 0.646. The van der Waals surface area contributed by atoms with Crippen LogP contribution in [0.4, 0.5) is 0 Å². The van der Waals surface area contributed by atoms with Gasteiger partial charge in [-0.3, -0.25) is 0 Å². The van der Waals surface area contributed by atoms with Crippen LogP contribution in [0.2, 0.25) is 0 Å². The van der Waals surface area contributed by atoms with Crippen molar-refractivity contribution in [3.63, 3.8) is 0 Å². The first-order valence-corrected chi connectivity index (χ1v) is 5.21. The summed E-state index contributed by atoms with van der Waals surface area (Å²) in [6.45, 7) is 6.80. The molecule has 0 N–H and O–H groups in total. The zero-order valence-corrected chi connectivity index (χ0v) is 8.90. The Balaban J connectivity index is 2.57. The van der Waals surface area contributed by atoms with E-state index in [0.29, 0.717) is 6.04 Å². The van der Waals surface area contributed by atoms with Gasteiger partial charge in [0.1, 0.15) is 0 Å². The third kappa shape index (κ3) is 3.21. The summed E-state index contributed by atoms with van der Waals surface area (Å²) in [5, 5.41) is 0. The summed E-state index contributed by atoms with van der Waals surface area (Å²) < 4.78 is 2.24. The molecule has 2 nitrogen and oxygen atoms in total. The Kier molecular flexibility index (Phi) is 4.00. The quantitative estimate of drug-likeness (QED) is 0.680. The molecule has 0 aromatic carbocycles. The molecule has 2 heteroatoms. The van der Waals surface area contributed by atoms with Gasteiger partial charge in [0.2, 0.25) is 0 Å². The Morgan fingerprint density at radius 3 is 2.62 bits per heavy atom. The van der Waals surface area contributed by atoms with Crippen molar-refractivity contribution in [3.05, 3.63) is 18.7 Å². The SMILES string of the molecule is CCCC(CC(C)C)n1ccnc1. The lowest BCUT2D eigenvalue weighted by atomic mass is 10.00. The van der Waals surface area contributed by atoms with Crippen LogP contribution in [0.3, 0.4) is 0 Å². The number of nitrogens with zero attached hydrogens (tertiary/aromatic N) is 2. The average Bonchev–Trinajstić information content (AvgIpc) is 2.54. The maximum atomic E-state index is 4.10. The standard InChI is InChI=1S/C11H20N2/c1-4-5-11(8-10(2)3)13-7-6-12-9-13/h6-7,9-11H,4-5,8H2,1-3H3. The molecule has 1 aromatic heterocycles. The van der Waals surface area contributed by atoms with Crippen LogP contribution < -0.4 is 0 Å². The minimum absolute atomic E-state index is 0.646. The molecule has 0 amide bonds. The molecule has 13 heavy (non-hydrogen) atoms. The zero-order valence-electron chi connectivity index (χ0n) is 8.90. The molecular weight excluding hydrogens is 160 g/mol. The fourth-order valence-corrected chi connectivity index (χ4v) is 1.75. The molecule has 0 aliphatic heterocycles. The summed E-state index contributed by atoms with van der Waals surface area (Å²) in [7, 11) is 0. The number of hydrogen-bond acceptors (Lipinski definition) is 1. The molecule has 1 unspecified atom stereocenters. The van der Waals surface area contributed by atoms with E-state index >= 15 is 0 Å². The van der Waals surface area contributed by atoms with Crippen LogP contribution in [-0.2, 0) is 0 Å².